The second-order valence-corrected chi connectivity index (χ2v) is 5.98. The number of hydrogen-bond acceptors (Lipinski definition) is 6. The molecule has 2 aromatic rings. The highest BCUT2D eigenvalue weighted by atomic mass is 35.5. The zero-order valence-corrected chi connectivity index (χ0v) is 12.2. The van der Waals surface area contributed by atoms with Crippen molar-refractivity contribution in [2.75, 3.05) is 5.32 Å². The Balaban J connectivity index is 2.15. The summed E-state index contributed by atoms with van der Waals surface area (Å²) in [6, 6.07) is 6.18. The van der Waals surface area contributed by atoms with Crippen molar-refractivity contribution in [1.29, 1.82) is 0 Å². The number of primary sulfonamides is 1. The number of anilines is 1. The Morgan fingerprint density at radius 2 is 1.80 bits per heavy atom. The first-order valence-electron chi connectivity index (χ1n) is 5.27. The van der Waals surface area contributed by atoms with E-state index in [2.05, 4.69) is 20.3 Å². The molecule has 7 nitrogen and oxygen atoms in total. The van der Waals surface area contributed by atoms with Crippen molar-refractivity contribution < 1.29 is 8.42 Å². The van der Waals surface area contributed by atoms with Gasteiger partial charge in [0.25, 0.3) is 0 Å². The molecule has 0 radical (unpaired) electrons. The van der Waals surface area contributed by atoms with Gasteiger partial charge in [-0.2, -0.15) is 15.0 Å². The molecule has 10 heteroatoms. The standard InChI is InChI=1S/C10H9Cl2N5O2S/c11-8-15-9(12)17-10(16-8)14-5-6-2-1-3-7(4-6)20(13,18)19/h1-4H,5H2,(H2,13,18,19)(H,14,15,16,17). The van der Waals surface area contributed by atoms with Crippen LogP contribution in [-0.4, -0.2) is 23.4 Å². The van der Waals surface area contributed by atoms with Gasteiger partial charge in [-0.05, 0) is 40.9 Å². The van der Waals surface area contributed by atoms with Crippen LogP contribution in [0.1, 0.15) is 5.56 Å². The molecule has 0 unspecified atom stereocenters. The van der Waals surface area contributed by atoms with Gasteiger partial charge in [-0.3, -0.25) is 0 Å². The lowest BCUT2D eigenvalue weighted by Gasteiger charge is -2.06. The van der Waals surface area contributed by atoms with E-state index in [9.17, 15) is 8.42 Å². The fourth-order valence-electron chi connectivity index (χ4n) is 1.42. The van der Waals surface area contributed by atoms with Crippen molar-refractivity contribution in [3.63, 3.8) is 0 Å². The Morgan fingerprint density at radius 1 is 1.15 bits per heavy atom. The van der Waals surface area contributed by atoms with Gasteiger partial charge in [-0.25, -0.2) is 13.6 Å². The molecule has 0 bridgehead atoms. The van der Waals surface area contributed by atoms with Crippen LogP contribution in [0.2, 0.25) is 10.6 Å². The van der Waals surface area contributed by atoms with Crippen molar-refractivity contribution in [3.05, 3.63) is 40.4 Å². The van der Waals surface area contributed by atoms with Gasteiger partial charge in [0.15, 0.2) is 0 Å². The SMILES string of the molecule is NS(=O)(=O)c1cccc(CNc2nc(Cl)nc(Cl)n2)c1. The highest BCUT2D eigenvalue weighted by molar-refractivity contribution is 7.89. The lowest BCUT2D eigenvalue weighted by molar-refractivity contribution is 0.597. The van der Waals surface area contributed by atoms with E-state index < -0.39 is 10.0 Å². The number of halogens is 2. The minimum Gasteiger partial charge on any atom is -0.350 e. The topological polar surface area (TPSA) is 111 Å². The molecular formula is C10H9Cl2N5O2S. The highest BCUT2D eigenvalue weighted by Gasteiger charge is 2.08. The molecule has 0 aliphatic rings. The minimum atomic E-state index is -3.73. The lowest BCUT2D eigenvalue weighted by atomic mass is 10.2. The number of aromatic nitrogens is 3. The fraction of sp³-hybridized carbons (Fsp3) is 0.100. The molecule has 0 saturated carbocycles. The number of benzene rings is 1. The molecule has 0 aliphatic heterocycles. The average Bonchev–Trinajstić information content (AvgIpc) is 2.35. The molecule has 2 rings (SSSR count). The first-order chi connectivity index (χ1) is 9.34. The van der Waals surface area contributed by atoms with Gasteiger partial charge in [-0.15, -0.1) is 0 Å². The van der Waals surface area contributed by atoms with Crippen molar-refractivity contribution in [2.45, 2.75) is 11.4 Å². The maximum absolute atomic E-state index is 11.2. The summed E-state index contributed by atoms with van der Waals surface area (Å²) in [7, 11) is -3.73. The van der Waals surface area contributed by atoms with Crippen LogP contribution < -0.4 is 10.5 Å². The van der Waals surface area contributed by atoms with Crippen LogP contribution in [0.15, 0.2) is 29.2 Å². The maximum atomic E-state index is 11.2. The van der Waals surface area contributed by atoms with E-state index in [1.165, 1.54) is 12.1 Å². The summed E-state index contributed by atoms with van der Waals surface area (Å²) in [6.45, 7) is 0.278. The highest BCUT2D eigenvalue weighted by Crippen LogP contribution is 2.13. The summed E-state index contributed by atoms with van der Waals surface area (Å²) in [5.74, 6) is 0.191. The van der Waals surface area contributed by atoms with Crippen LogP contribution in [0.4, 0.5) is 5.95 Å². The fourth-order valence-corrected chi connectivity index (χ4v) is 2.37. The third-order valence-corrected chi connectivity index (χ3v) is 3.51. The molecule has 0 fully saturated rings. The van der Waals surface area contributed by atoms with E-state index in [0.29, 0.717) is 5.56 Å². The number of hydrogen-bond donors (Lipinski definition) is 2. The third kappa shape index (κ3) is 4.01. The average molecular weight is 334 g/mol. The van der Waals surface area contributed by atoms with Crippen LogP contribution >= 0.6 is 23.2 Å². The number of nitrogens with one attached hydrogen (secondary N) is 1. The largest absolute Gasteiger partial charge is 0.350 e. The van der Waals surface area contributed by atoms with Gasteiger partial charge in [-0.1, -0.05) is 12.1 Å². The smallest absolute Gasteiger partial charge is 0.238 e. The molecule has 0 saturated heterocycles. The van der Waals surface area contributed by atoms with Crippen LogP contribution in [0.3, 0.4) is 0 Å². The summed E-state index contributed by atoms with van der Waals surface area (Å²) in [5, 5.41) is 7.84. The maximum Gasteiger partial charge on any atom is 0.238 e. The minimum absolute atomic E-state index is 0.0310. The van der Waals surface area contributed by atoms with E-state index >= 15 is 0 Å². The molecule has 0 aliphatic carbocycles. The van der Waals surface area contributed by atoms with Crippen molar-refractivity contribution in [2.24, 2.45) is 5.14 Å². The van der Waals surface area contributed by atoms with Crippen molar-refractivity contribution in [1.82, 2.24) is 15.0 Å². The van der Waals surface area contributed by atoms with Crippen LogP contribution in [0, 0.1) is 0 Å². The zero-order valence-electron chi connectivity index (χ0n) is 9.92. The Labute approximate surface area is 125 Å². The van der Waals surface area contributed by atoms with Gasteiger partial charge >= 0.3 is 0 Å². The van der Waals surface area contributed by atoms with Gasteiger partial charge in [0.05, 0.1) is 4.90 Å². The number of rotatable bonds is 4. The summed E-state index contributed by atoms with van der Waals surface area (Å²) in [6.07, 6.45) is 0. The third-order valence-electron chi connectivity index (χ3n) is 2.26. The molecule has 1 heterocycles. The van der Waals surface area contributed by atoms with Crippen molar-refractivity contribution >= 4 is 39.2 Å². The van der Waals surface area contributed by atoms with Gasteiger partial charge in [0, 0.05) is 6.54 Å². The predicted molar refractivity (Wildman–Crippen MR) is 75.0 cm³/mol. The normalized spacial score (nSPS) is 11.3. The van der Waals surface area contributed by atoms with E-state index in [-0.39, 0.29) is 28.0 Å². The quantitative estimate of drug-likeness (QED) is 0.875. The molecule has 20 heavy (non-hydrogen) atoms. The number of nitrogens with zero attached hydrogens (tertiary/aromatic N) is 3. The summed E-state index contributed by atoms with van der Waals surface area (Å²) < 4.78 is 22.5. The van der Waals surface area contributed by atoms with Crippen LogP contribution in [0.5, 0.6) is 0 Å². The first kappa shape index (κ1) is 14.9. The van der Waals surface area contributed by atoms with E-state index in [0.717, 1.165) is 0 Å². The number of nitrogens with two attached hydrogens (primary N) is 1. The Kier molecular flexibility index (Phi) is 4.39. The Hall–Kier alpha value is -1.48. The first-order valence-corrected chi connectivity index (χ1v) is 7.57. The number of sulfonamides is 1. The van der Waals surface area contributed by atoms with Gasteiger partial charge in [0.2, 0.25) is 26.5 Å². The zero-order chi connectivity index (χ0) is 14.8. The summed E-state index contributed by atoms with van der Waals surface area (Å²) >= 11 is 11.3. The van der Waals surface area contributed by atoms with Crippen molar-refractivity contribution in [3.8, 4) is 0 Å². The molecular weight excluding hydrogens is 325 g/mol. The van der Waals surface area contributed by atoms with Crippen LogP contribution in [-0.2, 0) is 16.6 Å². The molecule has 106 valence electrons. The molecule has 3 N–H and O–H groups in total. The summed E-state index contributed by atoms with van der Waals surface area (Å²) in [5.41, 5.74) is 0.684. The van der Waals surface area contributed by atoms with Gasteiger partial charge in [0.1, 0.15) is 0 Å². The molecule has 0 atom stereocenters. The second kappa shape index (κ2) is 5.88. The summed E-state index contributed by atoms with van der Waals surface area (Å²) in [4.78, 5) is 11.3. The van der Waals surface area contributed by atoms with E-state index in [4.69, 9.17) is 28.3 Å². The molecule has 0 spiro atoms. The predicted octanol–water partition coefficient (Wildman–Crippen LogP) is 1.44. The lowest BCUT2D eigenvalue weighted by Crippen LogP contribution is -2.13. The Morgan fingerprint density at radius 3 is 2.40 bits per heavy atom. The van der Waals surface area contributed by atoms with Crippen LogP contribution in [0.25, 0.3) is 0 Å². The van der Waals surface area contributed by atoms with E-state index in [1.807, 2.05) is 0 Å². The molecule has 1 aromatic carbocycles. The van der Waals surface area contributed by atoms with Gasteiger partial charge < -0.3 is 5.32 Å². The monoisotopic (exact) mass is 333 g/mol. The molecule has 0 amide bonds. The Bertz CT molecular complexity index is 718. The second-order valence-electron chi connectivity index (χ2n) is 3.74. The molecule has 1 aromatic heterocycles. The van der Waals surface area contributed by atoms with E-state index in [1.54, 1.807) is 12.1 Å².